The number of rotatable bonds is 12. The van der Waals surface area contributed by atoms with E-state index in [1.807, 2.05) is 56.3 Å². The third-order valence-corrected chi connectivity index (χ3v) is 23.2. The highest BCUT2D eigenvalue weighted by Crippen LogP contribution is 2.62. The summed E-state index contributed by atoms with van der Waals surface area (Å²) in [6.07, 6.45) is 9.32. The van der Waals surface area contributed by atoms with Crippen molar-refractivity contribution >= 4 is 77.4 Å². The number of aliphatic hydroxyl groups is 4. The van der Waals surface area contributed by atoms with Gasteiger partial charge in [-0.25, -0.2) is 28.7 Å². The molecule has 6 fully saturated rings. The monoisotopic (exact) mass is 1550 g/mol. The lowest BCUT2D eigenvalue weighted by atomic mass is 9.53. The number of carbonyl (C=O) groups is 8. The van der Waals surface area contributed by atoms with Crippen LogP contribution in [0.25, 0.3) is 22.1 Å². The van der Waals surface area contributed by atoms with Crippen molar-refractivity contribution in [3.8, 4) is 11.5 Å². The number of aliphatic carboxylic acids is 2. The molecule has 7 aliphatic heterocycles. The second-order valence-corrected chi connectivity index (χ2v) is 31.2. The van der Waals surface area contributed by atoms with Crippen molar-refractivity contribution in [2.75, 3.05) is 40.8 Å². The number of ether oxygens (including phenoxy) is 3. The van der Waals surface area contributed by atoms with E-state index < -0.39 is 91.0 Å². The molecule has 3 aliphatic carbocycles. The lowest BCUT2D eigenvalue weighted by molar-refractivity contribution is -0.315. The van der Waals surface area contributed by atoms with Crippen LogP contribution in [0.2, 0.25) is 0 Å². The van der Waals surface area contributed by atoms with Crippen molar-refractivity contribution in [2.45, 2.75) is 163 Å². The van der Waals surface area contributed by atoms with Gasteiger partial charge in [0, 0.05) is 92.7 Å². The number of benzene rings is 3. The quantitative estimate of drug-likeness (QED) is 0.0455. The van der Waals surface area contributed by atoms with E-state index in [0.717, 1.165) is 59.4 Å². The number of H-pyrrole nitrogens is 1. The Morgan fingerprint density at radius 1 is 0.836 bits per heavy atom. The molecule has 10 heterocycles. The van der Waals surface area contributed by atoms with Crippen LogP contribution in [-0.4, -0.2) is 237 Å². The van der Waals surface area contributed by atoms with Crippen LogP contribution in [0.15, 0.2) is 94.9 Å². The van der Waals surface area contributed by atoms with Gasteiger partial charge in [0.25, 0.3) is 17.4 Å². The zero-order valence-electron chi connectivity index (χ0n) is 62.5. The molecular weight excluding hydrogens is 1460 g/mol. The van der Waals surface area contributed by atoms with Crippen molar-refractivity contribution in [2.24, 2.45) is 44.3 Å². The van der Waals surface area contributed by atoms with Crippen molar-refractivity contribution in [1.82, 2.24) is 59.2 Å². The maximum Gasteiger partial charge on any atom is 0.466 e. The van der Waals surface area contributed by atoms with E-state index in [4.69, 9.17) is 53.9 Å². The lowest BCUT2D eigenvalue weighted by Crippen LogP contribution is -2.71. The Hall–Kier alpha value is -9.52. The van der Waals surface area contributed by atoms with Gasteiger partial charge in [-0.15, -0.1) is 0 Å². The standard InChI is InChI=1S/C33H37N5O5.C18H21NO3.C11H18N2O3.C8H10N4O2.C4H6O6.H3O4P/c1-32(35-29(39)21-15-23-22-10-6-11-24-28(22)20(17-34-24)16-25(23)36(2)18-21)31(41)38-26(14-19-8-4-3-5-9-19)30(40)37-13-7-12-27(37)33(38,42)43-32;1-19-8-7-18-11-4-5-13(20)17(18)22-16-14(21-2)6-3-10(15(16)18)9-12(11)19;1-4-11(6-5-7(2)3)8(14)12-10(16)13-9(11)15;1-10-4-9-6-5(10)7(13)12(3)8(14)11(6)2;5-1(3(7)8)2(6)4(9)10;1-5(2,3)4/h3-6,8-11,17,21,23,25-27,34,42H,7,12-16,18H2,1-2H3,(H,35,39);3-6,11-13,17,20H,7-9H2,1-2H3;7H,4-6H2,1-3H3,(H2,12,13,14,15,16);4H,1-3H3;1-2,5-6H,(H,7,8)(H,9,10);(H3,1,2,3,4)/t21-,23-,25-,26+,27+,32-,33+;11-,12+,13-,17-,18-;;;1-,2-;/m10..1./s1. The number of likely N-dealkylation sites (tertiary alicyclic amines) is 2. The number of aliphatic hydroxyl groups excluding tert-OH is 3. The molecule has 36 heteroatoms. The van der Waals surface area contributed by atoms with Gasteiger partial charge < -0.3 is 84.4 Å². The number of imidazole rings is 1. The number of nitrogens with one attached hydrogen (secondary N) is 4. The molecule has 7 amide bonds. The van der Waals surface area contributed by atoms with Crippen molar-refractivity contribution in [3.05, 3.63) is 134 Å². The van der Waals surface area contributed by atoms with Crippen LogP contribution in [0.1, 0.15) is 106 Å². The van der Waals surface area contributed by atoms with Gasteiger partial charge in [0.1, 0.15) is 29.7 Å². The van der Waals surface area contributed by atoms with E-state index in [-0.39, 0.29) is 58.9 Å². The summed E-state index contributed by atoms with van der Waals surface area (Å²) >= 11 is 0. The van der Waals surface area contributed by atoms with Gasteiger partial charge in [-0.05, 0) is 126 Å². The molecule has 2 bridgehead atoms. The number of piperazine rings is 1. The molecule has 16 rings (SSSR count). The summed E-state index contributed by atoms with van der Waals surface area (Å²) in [6.45, 7) is 9.47. The number of fused-ring (bicyclic) bond motifs is 6. The maximum absolute atomic E-state index is 14.2. The molecule has 110 heavy (non-hydrogen) atoms. The molecule has 1 spiro atoms. The SMILES string of the molecule is CCC1(CCC(C)C)C(=O)NC(=O)NC1=O.CN1C[C@H](C(=O)N[C@]2(C)O[C@@]3(O)[C@@H]4CCCN4C(=O)[C@H](Cc4ccccc4)N3C2=O)C[C@@H]2c3cccc4[nH]cc(c34)C[C@H]21.COc1ccc2c3c1O[C@H]1[C@@H](O)C=C[C@H]4[C@@H](C2)N(C)CC[C@@]341.Cn1c(=O)c2c(ncn2C)n(C)c1=O.O=C(O)[C@H](O)[C@@H](O)C(=O)O.O=P(O)(O)O. The lowest BCUT2D eigenvalue weighted by Gasteiger charge is -2.56. The first-order chi connectivity index (χ1) is 51.8. The molecule has 35 nitrogen and oxygen atoms in total. The number of piperidine rings is 2. The van der Waals surface area contributed by atoms with Gasteiger partial charge in [-0.1, -0.05) is 81.5 Å². The minimum atomic E-state index is -4.64. The first kappa shape index (κ1) is 81.5. The number of urea groups is 1. The second-order valence-electron chi connectivity index (χ2n) is 30.2. The normalized spacial score (nSPS) is 28.2. The first-order valence-electron chi connectivity index (χ1n) is 36.3. The van der Waals surface area contributed by atoms with Crippen LogP contribution in [0.4, 0.5) is 4.79 Å². The molecule has 6 saturated heterocycles. The van der Waals surface area contributed by atoms with E-state index in [9.17, 15) is 58.2 Å². The fourth-order valence-electron chi connectivity index (χ4n) is 17.6. The van der Waals surface area contributed by atoms with Crippen LogP contribution < -0.4 is 36.7 Å². The van der Waals surface area contributed by atoms with Crippen LogP contribution in [-0.2, 0) is 88.7 Å². The average molecular weight is 1550 g/mol. The number of hydrogen-bond acceptors (Lipinski definition) is 21. The molecule has 6 aromatic rings. The molecule has 13 N–H and O–H groups in total. The number of amides is 7. The Bertz CT molecular complexity index is 4760. The molecule has 3 aromatic carbocycles. The summed E-state index contributed by atoms with van der Waals surface area (Å²) in [5.74, 6) is -5.28. The number of hydrogen-bond donors (Lipinski definition) is 13. The number of carbonyl (C=O) groups excluding carboxylic acids is 6. The zero-order valence-corrected chi connectivity index (χ0v) is 63.4. The Morgan fingerprint density at radius 2 is 1.49 bits per heavy atom. The van der Waals surface area contributed by atoms with Crippen LogP contribution in [0.5, 0.6) is 11.5 Å². The summed E-state index contributed by atoms with van der Waals surface area (Å²) in [6, 6.07) is 18.4. The summed E-state index contributed by atoms with van der Waals surface area (Å²) in [4.78, 5) is 156. The number of aryl methyl sites for hydroxylation is 2. The highest BCUT2D eigenvalue weighted by Gasteiger charge is 2.70. The van der Waals surface area contributed by atoms with E-state index in [1.54, 1.807) is 37.6 Å². The smallest absolute Gasteiger partial charge is 0.466 e. The highest BCUT2D eigenvalue weighted by atomic mass is 31.2. The predicted molar refractivity (Wildman–Crippen MR) is 391 cm³/mol. The number of barbiturate groups is 1. The molecule has 0 radical (unpaired) electrons. The minimum absolute atomic E-state index is 0.0806. The topological polar surface area (TPSA) is 490 Å². The zero-order chi connectivity index (χ0) is 80.3. The van der Waals surface area contributed by atoms with Gasteiger partial charge in [-0.3, -0.25) is 58.2 Å². The average Bonchev–Trinajstić information content (AvgIpc) is 1.49. The largest absolute Gasteiger partial charge is 0.493 e. The molecule has 0 saturated carbocycles. The van der Waals surface area contributed by atoms with Gasteiger partial charge in [0.05, 0.1) is 19.4 Å². The van der Waals surface area contributed by atoms with Crippen molar-refractivity contribution < 1.29 is 102 Å². The van der Waals surface area contributed by atoms with E-state index in [1.165, 1.54) is 57.4 Å². The fourth-order valence-corrected chi connectivity index (χ4v) is 17.6. The predicted octanol–water partition coefficient (Wildman–Crippen LogP) is 0.687. The number of methoxy groups -OCH3 is 1. The van der Waals surface area contributed by atoms with Gasteiger partial charge >= 0.3 is 31.5 Å². The summed E-state index contributed by atoms with van der Waals surface area (Å²) in [5, 5.41) is 63.6. The van der Waals surface area contributed by atoms with Crippen LogP contribution in [0.3, 0.4) is 0 Å². The molecule has 3 aromatic heterocycles. The van der Waals surface area contributed by atoms with Crippen LogP contribution >= 0.6 is 7.82 Å². The molecular formula is C74H95N12O23P. The Kier molecular flexibility index (Phi) is 23.2. The van der Waals surface area contributed by atoms with Gasteiger partial charge in [-0.2, -0.15) is 0 Å². The number of carboxylic acids is 2. The fraction of sp³-hybridized carbons (Fsp3) is 0.527. The van der Waals surface area contributed by atoms with Crippen molar-refractivity contribution in [1.29, 1.82) is 0 Å². The minimum Gasteiger partial charge on any atom is -0.493 e. The summed E-state index contributed by atoms with van der Waals surface area (Å²) in [7, 11) is 6.10. The number of nitrogens with zero attached hydrogens (tertiary/aromatic N) is 8. The molecule has 10 aliphatic rings. The second kappa shape index (κ2) is 31.3. The Labute approximate surface area is 630 Å². The maximum atomic E-state index is 14.2. The molecule has 14 atom stereocenters. The molecule has 594 valence electrons. The van der Waals surface area contributed by atoms with Crippen molar-refractivity contribution in [3.63, 3.8) is 0 Å². The number of likely N-dealkylation sites (N-methyl/N-ethyl adjacent to an activating group) is 2. The summed E-state index contributed by atoms with van der Waals surface area (Å²) in [5.41, 5.74) is 4.45. The number of carboxylic acid groups (broad SMARTS) is 2. The van der Waals surface area contributed by atoms with Gasteiger partial charge in [0.15, 0.2) is 34.9 Å². The highest BCUT2D eigenvalue weighted by molar-refractivity contribution is 7.45. The Balaban J connectivity index is 0.000000150. The van der Waals surface area contributed by atoms with E-state index >= 15 is 0 Å². The van der Waals surface area contributed by atoms with Crippen LogP contribution in [0, 0.1) is 23.2 Å². The molecule has 0 unspecified atom stereocenters. The summed E-state index contributed by atoms with van der Waals surface area (Å²) < 4.78 is 31.0. The third-order valence-electron chi connectivity index (χ3n) is 23.2. The van der Waals surface area contributed by atoms with E-state index in [0.29, 0.717) is 74.2 Å². The number of phosphoric acid groups is 1. The number of aromatic amines is 1. The van der Waals surface area contributed by atoms with E-state index in [2.05, 4.69) is 86.4 Å². The van der Waals surface area contributed by atoms with Gasteiger partial charge in [0.2, 0.25) is 29.4 Å². The third kappa shape index (κ3) is 14.9. The Morgan fingerprint density at radius 3 is 2.12 bits per heavy atom. The number of imide groups is 2. The first-order valence-corrected chi connectivity index (χ1v) is 37.8. The number of aromatic nitrogens is 5.